The smallest absolute Gasteiger partial charge is 0.268 e. The Hall–Kier alpha value is -0.880. The third-order valence-electron chi connectivity index (χ3n) is 3.10. The fraction of sp³-hybridized carbons (Fsp3) is 0.636. The maximum absolute atomic E-state index is 11.4. The van der Waals surface area contributed by atoms with Crippen LogP contribution in [-0.4, -0.2) is 29.2 Å². The Bertz CT molecular complexity index is 435. The first-order chi connectivity index (χ1) is 8.22. The minimum atomic E-state index is -0.216. The number of rotatable bonds is 3. The van der Waals surface area contributed by atoms with Gasteiger partial charge in [-0.15, -0.1) is 0 Å². The van der Waals surface area contributed by atoms with Crippen molar-refractivity contribution in [1.82, 2.24) is 15.3 Å². The van der Waals surface area contributed by atoms with E-state index >= 15 is 0 Å². The van der Waals surface area contributed by atoms with Crippen LogP contribution in [0.2, 0.25) is 0 Å². The highest BCUT2D eigenvalue weighted by molar-refractivity contribution is 9.10. The number of nitrogens with one attached hydrogen (secondary N) is 2. The van der Waals surface area contributed by atoms with Crippen LogP contribution in [0.25, 0.3) is 0 Å². The zero-order valence-corrected chi connectivity index (χ0v) is 11.3. The van der Waals surface area contributed by atoms with E-state index in [0.717, 1.165) is 19.3 Å². The van der Waals surface area contributed by atoms with Crippen molar-refractivity contribution in [2.24, 2.45) is 0 Å². The van der Waals surface area contributed by atoms with Gasteiger partial charge in [0, 0.05) is 6.04 Å². The molecule has 0 bridgehead atoms. The molecule has 0 amide bonds. The van der Waals surface area contributed by atoms with Gasteiger partial charge >= 0.3 is 0 Å². The van der Waals surface area contributed by atoms with E-state index in [-0.39, 0.29) is 11.7 Å². The molecule has 94 valence electrons. The van der Waals surface area contributed by atoms with E-state index in [1.807, 2.05) is 7.05 Å². The average Bonchev–Trinajstić information content (AvgIpc) is 2.35. The van der Waals surface area contributed by atoms with Crippen LogP contribution in [0.15, 0.2) is 15.6 Å². The quantitative estimate of drug-likeness (QED) is 0.886. The van der Waals surface area contributed by atoms with Gasteiger partial charge in [-0.2, -0.15) is 0 Å². The topological polar surface area (TPSA) is 67.0 Å². The summed E-state index contributed by atoms with van der Waals surface area (Å²) >= 11 is 3.20. The van der Waals surface area contributed by atoms with Gasteiger partial charge < -0.3 is 15.0 Å². The normalized spacial score (nSPS) is 24.6. The van der Waals surface area contributed by atoms with Crippen molar-refractivity contribution in [2.75, 3.05) is 7.05 Å². The molecule has 6 heteroatoms. The van der Waals surface area contributed by atoms with Gasteiger partial charge in [-0.3, -0.25) is 4.79 Å². The number of halogens is 1. The SMILES string of the molecule is CNC1CCCCC1Oc1nc[nH]c(=O)c1Br. The summed E-state index contributed by atoms with van der Waals surface area (Å²) in [6.45, 7) is 0. The Morgan fingerprint density at radius 1 is 1.53 bits per heavy atom. The molecule has 1 heterocycles. The summed E-state index contributed by atoms with van der Waals surface area (Å²) in [6.07, 6.45) is 5.91. The maximum Gasteiger partial charge on any atom is 0.268 e. The van der Waals surface area contributed by atoms with E-state index in [4.69, 9.17) is 4.74 Å². The van der Waals surface area contributed by atoms with Gasteiger partial charge in [0.15, 0.2) is 0 Å². The number of H-pyrrole nitrogens is 1. The predicted octanol–water partition coefficient (Wildman–Crippen LogP) is 1.44. The highest BCUT2D eigenvalue weighted by atomic mass is 79.9. The average molecular weight is 302 g/mol. The highest BCUT2D eigenvalue weighted by Crippen LogP contribution is 2.25. The van der Waals surface area contributed by atoms with E-state index < -0.39 is 0 Å². The first-order valence-corrected chi connectivity index (χ1v) is 6.58. The second kappa shape index (κ2) is 5.64. The molecule has 0 radical (unpaired) electrons. The van der Waals surface area contributed by atoms with Crippen LogP contribution in [0, 0.1) is 0 Å². The predicted molar refractivity (Wildman–Crippen MR) is 68.3 cm³/mol. The van der Waals surface area contributed by atoms with Crippen LogP contribution in [0.3, 0.4) is 0 Å². The van der Waals surface area contributed by atoms with E-state index in [1.165, 1.54) is 12.7 Å². The van der Waals surface area contributed by atoms with Gasteiger partial charge in [0.05, 0.1) is 6.33 Å². The van der Waals surface area contributed by atoms with Crippen molar-refractivity contribution >= 4 is 15.9 Å². The lowest BCUT2D eigenvalue weighted by Gasteiger charge is -2.31. The number of aromatic amines is 1. The summed E-state index contributed by atoms with van der Waals surface area (Å²) in [5, 5.41) is 3.25. The van der Waals surface area contributed by atoms with Gasteiger partial charge in [0.25, 0.3) is 5.56 Å². The van der Waals surface area contributed by atoms with Crippen molar-refractivity contribution in [3.8, 4) is 5.88 Å². The summed E-state index contributed by atoms with van der Waals surface area (Å²) < 4.78 is 6.19. The fourth-order valence-electron chi connectivity index (χ4n) is 2.16. The summed E-state index contributed by atoms with van der Waals surface area (Å²) in [5.41, 5.74) is -0.216. The third-order valence-corrected chi connectivity index (χ3v) is 3.80. The molecular formula is C11H16BrN3O2. The van der Waals surface area contributed by atoms with E-state index in [2.05, 4.69) is 31.2 Å². The highest BCUT2D eigenvalue weighted by Gasteiger charge is 2.26. The van der Waals surface area contributed by atoms with Gasteiger partial charge in [0.2, 0.25) is 5.88 Å². The van der Waals surface area contributed by atoms with Gasteiger partial charge in [-0.1, -0.05) is 6.42 Å². The van der Waals surface area contributed by atoms with Crippen LogP contribution < -0.4 is 15.6 Å². The lowest BCUT2D eigenvalue weighted by atomic mass is 9.92. The van der Waals surface area contributed by atoms with E-state index in [0.29, 0.717) is 16.4 Å². The molecule has 0 spiro atoms. The third kappa shape index (κ3) is 2.87. The number of hydrogen-bond donors (Lipinski definition) is 2. The summed E-state index contributed by atoms with van der Waals surface area (Å²) in [6, 6.07) is 0.330. The van der Waals surface area contributed by atoms with Crippen molar-refractivity contribution in [1.29, 1.82) is 0 Å². The minimum Gasteiger partial charge on any atom is -0.472 e. The first kappa shape index (κ1) is 12.6. The zero-order valence-electron chi connectivity index (χ0n) is 9.70. The second-order valence-corrected chi connectivity index (χ2v) is 4.98. The molecule has 17 heavy (non-hydrogen) atoms. The largest absolute Gasteiger partial charge is 0.472 e. The molecule has 1 aliphatic carbocycles. The van der Waals surface area contributed by atoms with Crippen LogP contribution in [0.1, 0.15) is 25.7 Å². The molecule has 2 unspecified atom stereocenters. The van der Waals surface area contributed by atoms with Crippen molar-refractivity contribution < 1.29 is 4.74 Å². The Kier molecular flexibility index (Phi) is 4.17. The molecule has 0 saturated heterocycles. The molecule has 1 aromatic heterocycles. The summed E-state index contributed by atoms with van der Waals surface area (Å²) in [5.74, 6) is 0.376. The molecule has 5 nitrogen and oxygen atoms in total. The summed E-state index contributed by atoms with van der Waals surface area (Å²) in [7, 11) is 1.94. The molecule has 1 saturated carbocycles. The Morgan fingerprint density at radius 2 is 2.29 bits per heavy atom. The van der Waals surface area contributed by atoms with Crippen LogP contribution >= 0.6 is 15.9 Å². The molecule has 0 aromatic carbocycles. The standard InChI is InChI=1S/C11H16BrN3O2/c1-13-7-4-2-3-5-8(7)17-11-9(12)10(16)14-6-15-11/h6-8,13H,2-5H2,1H3,(H,14,15,16). The monoisotopic (exact) mass is 301 g/mol. The Morgan fingerprint density at radius 3 is 3.06 bits per heavy atom. The number of aromatic nitrogens is 2. The van der Waals surface area contributed by atoms with Crippen LogP contribution in [-0.2, 0) is 0 Å². The van der Waals surface area contributed by atoms with Crippen LogP contribution in [0.4, 0.5) is 0 Å². The number of likely N-dealkylation sites (N-methyl/N-ethyl adjacent to an activating group) is 1. The van der Waals surface area contributed by atoms with Gasteiger partial charge in [0.1, 0.15) is 10.6 Å². The van der Waals surface area contributed by atoms with Gasteiger partial charge in [-0.25, -0.2) is 4.98 Å². The fourth-order valence-corrected chi connectivity index (χ4v) is 2.47. The minimum absolute atomic E-state index is 0.0827. The van der Waals surface area contributed by atoms with Crippen LogP contribution in [0.5, 0.6) is 5.88 Å². The molecule has 2 N–H and O–H groups in total. The van der Waals surface area contributed by atoms with Crippen molar-refractivity contribution in [2.45, 2.75) is 37.8 Å². The maximum atomic E-state index is 11.4. The molecular weight excluding hydrogens is 286 g/mol. The van der Waals surface area contributed by atoms with E-state index in [9.17, 15) is 4.79 Å². The number of hydrogen-bond acceptors (Lipinski definition) is 4. The lowest BCUT2D eigenvalue weighted by Crippen LogP contribution is -2.43. The Labute approximate surface area is 108 Å². The zero-order chi connectivity index (χ0) is 12.3. The van der Waals surface area contributed by atoms with Crippen molar-refractivity contribution in [3.63, 3.8) is 0 Å². The molecule has 1 fully saturated rings. The molecule has 2 atom stereocenters. The van der Waals surface area contributed by atoms with E-state index in [1.54, 1.807) is 0 Å². The molecule has 0 aliphatic heterocycles. The first-order valence-electron chi connectivity index (χ1n) is 5.79. The molecule has 1 aliphatic rings. The molecule has 1 aromatic rings. The molecule has 2 rings (SSSR count). The lowest BCUT2D eigenvalue weighted by molar-refractivity contribution is 0.111. The second-order valence-electron chi connectivity index (χ2n) is 4.19. The van der Waals surface area contributed by atoms with Crippen molar-refractivity contribution in [3.05, 3.63) is 21.2 Å². The Balaban J connectivity index is 2.13. The number of nitrogens with zero attached hydrogens (tertiary/aromatic N) is 1. The van der Waals surface area contributed by atoms with Gasteiger partial charge in [-0.05, 0) is 42.2 Å². The summed E-state index contributed by atoms with van der Waals surface area (Å²) in [4.78, 5) is 17.9. The number of ether oxygens (including phenoxy) is 1.